The van der Waals surface area contributed by atoms with Crippen molar-refractivity contribution in [3.63, 3.8) is 0 Å². The fourth-order valence-corrected chi connectivity index (χ4v) is 3.59. The van der Waals surface area contributed by atoms with Gasteiger partial charge in [-0.1, -0.05) is 20.3 Å². The summed E-state index contributed by atoms with van der Waals surface area (Å²) < 4.78 is 0. The smallest absolute Gasteiger partial charge is 0.308 e. The van der Waals surface area contributed by atoms with Crippen molar-refractivity contribution < 1.29 is 9.90 Å². The standard InChI is InChI=1S/C14H25NO2/c1-10(2)8-11-9-12(14(16)17)13(11)15-6-4-3-5-7-15/h10-13H,3-9H2,1-2H3,(H,16,17). The van der Waals surface area contributed by atoms with Gasteiger partial charge in [0.05, 0.1) is 5.92 Å². The molecule has 0 radical (unpaired) electrons. The largest absolute Gasteiger partial charge is 0.481 e. The molecule has 2 fully saturated rings. The van der Waals surface area contributed by atoms with Crippen molar-refractivity contribution >= 4 is 5.97 Å². The molecule has 0 bridgehead atoms. The van der Waals surface area contributed by atoms with E-state index in [1.54, 1.807) is 0 Å². The molecule has 0 aromatic rings. The molecule has 1 saturated heterocycles. The van der Waals surface area contributed by atoms with Crippen LogP contribution in [-0.2, 0) is 4.79 Å². The molecular weight excluding hydrogens is 214 g/mol. The van der Waals surface area contributed by atoms with Crippen LogP contribution in [0.2, 0.25) is 0 Å². The first-order valence-electron chi connectivity index (χ1n) is 7.06. The van der Waals surface area contributed by atoms with Crippen molar-refractivity contribution in [1.82, 2.24) is 4.90 Å². The molecule has 1 aliphatic heterocycles. The predicted octanol–water partition coefficient (Wildman–Crippen LogP) is 2.61. The van der Waals surface area contributed by atoms with Gasteiger partial charge in [0, 0.05) is 6.04 Å². The van der Waals surface area contributed by atoms with E-state index in [9.17, 15) is 9.90 Å². The molecule has 3 nitrogen and oxygen atoms in total. The van der Waals surface area contributed by atoms with Crippen molar-refractivity contribution in [2.45, 2.75) is 52.0 Å². The average Bonchev–Trinajstić information content (AvgIpc) is 2.24. The molecule has 1 N–H and O–H groups in total. The van der Waals surface area contributed by atoms with Gasteiger partial charge in [0.1, 0.15) is 0 Å². The Balaban J connectivity index is 1.98. The zero-order valence-electron chi connectivity index (χ0n) is 11.1. The Kier molecular flexibility index (Phi) is 4.08. The van der Waals surface area contributed by atoms with Gasteiger partial charge in [0.25, 0.3) is 0 Å². The zero-order valence-corrected chi connectivity index (χ0v) is 11.1. The summed E-state index contributed by atoms with van der Waals surface area (Å²) in [4.78, 5) is 13.7. The Labute approximate surface area is 104 Å². The van der Waals surface area contributed by atoms with Gasteiger partial charge in [0.2, 0.25) is 0 Å². The topological polar surface area (TPSA) is 40.5 Å². The van der Waals surface area contributed by atoms with E-state index in [2.05, 4.69) is 18.7 Å². The number of likely N-dealkylation sites (tertiary alicyclic amines) is 1. The highest BCUT2D eigenvalue weighted by Gasteiger charge is 2.48. The van der Waals surface area contributed by atoms with Crippen LogP contribution in [0, 0.1) is 17.8 Å². The molecule has 98 valence electrons. The lowest BCUT2D eigenvalue weighted by atomic mass is 9.65. The summed E-state index contributed by atoms with van der Waals surface area (Å²) in [5.74, 6) is 0.619. The number of carboxylic acids is 1. The van der Waals surface area contributed by atoms with Gasteiger partial charge in [-0.3, -0.25) is 9.69 Å². The minimum absolute atomic E-state index is 0.100. The molecule has 3 unspecified atom stereocenters. The van der Waals surface area contributed by atoms with Crippen molar-refractivity contribution in [2.24, 2.45) is 17.8 Å². The number of hydrogen-bond donors (Lipinski definition) is 1. The van der Waals surface area contributed by atoms with Crippen LogP contribution < -0.4 is 0 Å². The van der Waals surface area contributed by atoms with Crippen LogP contribution in [0.5, 0.6) is 0 Å². The van der Waals surface area contributed by atoms with E-state index in [4.69, 9.17) is 0 Å². The first-order valence-corrected chi connectivity index (χ1v) is 7.06. The second-order valence-corrected chi connectivity index (χ2v) is 6.16. The normalized spacial score (nSPS) is 34.6. The molecule has 2 rings (SSSR count). The summed E-state index contributed by atoms with van der Waals surface area (Å²) in [5.41, 5.74) is 0. The number of carbonyl (C=O) groups is 1. The molecular formula is C14H25NO2. The Morgan fingerprint density at radius 2 is 1.94 bits per heavy atom. The van der Waals surface area contributed by atoms with Gasteiger partial charge in [-0.05, 0) is 50.6 Å². The van der Waals surface area contributed by atoms with Crippen molar-refractivity contribution in [3.05, 3.63) is 0 Å². The number of aliphatic carboxylic acids is 1. The van der Waals surface area contributed by atoms with E-state index in [0.717, 1.165) is 19.5 Å². The molecule has 0 amide bonds. The maximum absolute atomic E-state index is 11.2. The van der Waals surface area contributed by atoms with Crippen molar-refractivity contribution in [1.29, 1.82) is 0 Å². The van der Waals surface area contributed by atoms with Gasteiger partial charge < -0.3 is 5.11 Å². The molecule has 1 aliphatic carbocycles. The Morgan fingerprint density at radius 1 is 1.29 bits per heavy atom. The van der Waals surface area contributed by atoms with Crippen molar-refractivity contribution in [2.75, 3.05) is 13.1 Å². The van der Waals surface area contributed by atoms with Crippen LogP contribution >= 0.6 is 0 Å². The average molecular weight is 239 g/mol. The maximum Gasteiger partial charge on any atom is 0.308 e. The summed E-state index contributed by atoms with van der Waals surface area (Å²) in [7, 11) is 0. The molecule has 0 aromatic heterocycles. The number of piperidine rings is 1. The molecule has 17 heavy (non-hydrogen) atoms. The van der Waals surface area contributed by atoms with E-state index in [0.29, 0.717) is 17.9 Å². The lowest BCUT2D eigenvalue weighted by Crippen LogP contribution is -2.58. The SMILES string of the molecule is CC(C)CC1CC(C(=O)O)C1N1CCCCC1. The van der Waals surface area contributed by atoms with Crippen LogP contribution in [0.15, 0.2) is 0 Å². The monoisotopic (exact) mass is 239 g/mol. The molecule has 3 heteroatoms. The van der Waals surface area contributed by atoms with Gasteiger partial charge in [-0.25, -0.2) is 0 Å². The highest BCUT2D eigenvalue weighted by Crippen LogP contribution is 2.42. The number of carboxylic acid groups (broad SMARTS) is 1. The van der Waals surface area contributed by atoms with E-state index in [-0.39, 0.29) is 5.92 Å². The highest BCUT2D eigenvalue weighted by molar-refractivity contribution is 5.72. The minimum atomic E-state index is -0.583. The number of rotatable bonds is 4. The second kappa shape index (κ2) is 5.38. The second-order valence-electron chi connectivity index (χ2n) is 6.16. The van der Waals surface area contributed by atoms with E-state index in [1.807, 2.05) is 0 Å². The van der Waals surface area contributed by atoms with E-state index >= 15 is 0 Å². The fraction of sp³-hybridized carbons (Fsp3) is 0.929. The summed E-state index contributed by atoms with van der Waals surface area (Å²) >= 11 is 0. The van der Waals surface area contributed by atoms with Gasteiger partial charge >= 0.3 is 5.97 Å². The van der Waals surface area contributed by atoms with Gasteiger partial charge in [-0.15, -0.1) is 0 Å². The van der Waals surface area contributed by atoms with Crippen LogP contribution in [0.3, 0.4) is 0 Å². The van der Waals surface area contributed by atoms with E-state index in [1.165, 1.54) is 25.7 Å². The van der Waals surface area contributed by atoms with Gasteiger partial charge in [0.15, 0.2) is 0 Å². The first-order chi connectivity index (χ1) is 8.09. The first kappa shape index (κ1) is 12.9. The Morgan fingerprint density at radius 3 is 2.47 bits per heavy atom. The summed E-state index contributed by atoms with van der Waals surface area (Å²) in [6.45, 7) is 6.70. The van der Waals surface area contributed by atoms with Crippen LogP contribution in [-0.4, -0.2) is 35.1 Å². The molecule has 0 aromatic carbocycles. The third-order valence-corrected chi connectivity index (χ3v) is 4.36. The summed E-state index contributed by atoms with van der Waals surface area (Å²) in [6.07, 6.45) is 5.89. The molecule has 1 saturated carbocycles. The molecule has 0 spiro atoms. The Hall–Kier alpha value is -0.570. The fourth-order valence-electron chi connectivity index (χ4n) is 3.59. The predicted molar refractivity (Wildman–Crippen MR) is 67.9 cm³/mol. The van der Waals surface area contributed by atoms with Crippen LogP contribution in [0.25, 0.3) is 0 Å². The highest BCUT2D eigenvalue weighted by atomic mass is 16.4. The van der Waals surface area contributed by atoms with Crippen LogP contribution in [0.1, 0.15) is 46.0 Å². The van der Waals surface area contributed by atoms with E-state index < -0.39 is 5.97 Å². The van der Waals surface area contributed by atoms with Crippen LogP contribution in [0.4, 0.5) is 0 Å². The summed E-state index contributed by atoms with van der Waals surface area (Å²) in [6, 6.07) is 0.329. The van der Waals surface area contributed by atoms with Crippen molar-refractivity contribution in [3.8, 4) is 0 Å². The lowest BCUT2D eigenvalue weighted by Gasteiger charge is -2.50. The summed E-state index contributed by atoms with van der Waals surface area (Å²) in [5, 5.41) is 9.26. The molecule has 3 atom stereocenters. The maximum atomic E-state index is 11.2. The van der Waals surface area contributed by atoms with Gasteiger partial charge in [-0.2, -0.15) is 0 Å². The number of hydrogen-bond acceptors (Lipinski definition) is 2. The lowest BCUT2D eigenvalue weighted by molar-refractivity contribution is -0.154. The minimum Gasteiger partial charge on any atom is -0.481 e. The third kappa shape index (κ3) is 2.82. The molecule has 2 aliphatic rings. The zero-order chi connectivity index (χ0) is 12.4. The molecule has 1 heterocycles. The third-order valence-electron chi connectivity index (χ3n) is 4.36. The Bertz CT molecular complexity index is 271. The quantitative estimate of drug-likeness (QED) is 0.820. The number of nitrogens with zero attached hydrogens (tertiary/aromatic N) is 1.